The molecule has 1 aromatic rings. The number of hydrogen-bond acceptors (Lipinski definition) is 2. The Morgan fingerprint density at radius 2 is 1.93 bits per heavy atom. The van der Waals surface area contributed by atoms with Crippen LogP contribution >= 0.6 is 22.3 Å². The van der Waals surface area contributed by atoms with E-state index in [0.717, 1.165) is 12.1 Å². The standard InChI is InChI=1S/C8H6Cl2F2O2S/c9-7-3-5(8(11)12)1-2-6(7)4-15(10,13)14/h1-3,8H,4H2. The van der Waals surface area contributed by atoms with E-state index in [-0.39, 0.29) is 16.1 Å². The second kappa shape index (κ2) is 4.63. The zero-order chi connectivity index (χ0) is 11.6. The van der Waals surface area contributed by atoms with Crippen molar-refractivity contribution in [3.8, 4) is 0 Å². The van der Waals surface area contributed by atoms with Gasteiger partial charge in [-0.05, 0) is 11.6 Å². The Labute approximate surface area is 95.2 Å². The van der Waals surface area contributed by atoms with E-state index in [1.54, 1.807) is 0 Å². The van der Waals surface area contributed by atoms with Crippen molar-refractivity contribution < 1.29 is 17.2 Å². The van der Waals surface area contributed by atoms with Crippen molar-refractivity contribution >= 4 is 31.3 Å². The Hall–Kier alpha value is -0.390. The van der Waals surface area contributed by atoms with Gasteiger partial charge in [-0.2, -0.15) is 0 Å². The quantitative estimate of drug-likeness (QED) is 0.793. The van der Waals surface area contributed by atoms with E-state index in [1.807, 2.05) is 0 Å². The van der Waals surface area contributed by atoms with Gasteiger partial charge in [-0.1, -0.05) is 23.7 Å². The van der Waals surface area contributed by atoms with Gasteiger partial charge in [0.1, 0.15) is 0 Å². The van der Waals surface area contributed by atoms with Gasteiger partial charge in [0.05, 0.1) is 5.75 Å². The maximum atomic E-state index is 12.2. The normalized spacial score (nSPS) is 12.1. The third-order valence-electron chi connectivity index (χ3n) is 1.66. The molecule has 1 rings (SSSR count). The molecule has 2 nitrogen and oxygen atoms in total. The summed E-state index contributed by atoms with van der Waals surface area (Å²) in [5.74, 6) is -0.475. The van der Waals surface area contributed by atoms with E-state index < -0.39 is 21.2 Å². The zero-order valence-corrected chi connectivity index (χ0v) is 9.58. The highest BCUT2D eigenvalue weighted by molar-refractivity contribution is 8.13. The molecule has 84 valence electrons. The zero-order valence-electron chi connectivity index (χ0n) is 7.25. The summed E-state index contributed by atoms with van der Waals surface area (Å²) in [6.07, 6.45) is -2.64. The highest BCUT2D eigenvalue weighted by Gasteiger charge is 2.13. The van der Waals surface area contributed by atoms with Crippen molar-refractivity contribution in [3.05, 3.63) is 34.3 Å². The Bertz CT molecular complexity index is 460. The first-order chi connectivity index (χ1) is 6.79. The maximum absolute atomic E-state index is 12.2. The summed E-state index contributed by atoms with van der Waals surface area (Å²) in [5.41, 5.74) is -0.0493. The Morgan fingerprint density at radius 3 is 2.33 bits per heavy atom. The maximum Gasteiger partial charge on any atom is 0.263 e. The van der Waals surface area contributed by atoms with Crippen LogP contribution in [0.25, 0.3) is 0 Å². The lowest BCUT2D eigenvalue weighted by Crippen LogP contribution is -1.97. The number of halogens is 4. The average molecular weight is 275 g/mol. The Balaban J connectivity index is 3.04. The summed E-state index contributed by atoms with van der Waals surface area (Å²) < 4.78 is 45.9. The summed E-state index contributed by atoms with van der Waals surface area (Å²) in [4.78, 5) is 0. The Kier molecular flexibility index (Phi) is 3.92. The molecular weight excluding hydrogens is 269 g/mol. The number of alkyl halides is 2. The highest BCUT2D eigenvalue weighted by atomic mass is 35.7. The smallest absolute Gasteiger partial charge is 0.212 e. The van der Waals surface area contributed by atoms with Crippen LogP contribution < -0.4 is 0 Å². The van der Waals surface area contributed by atoms with Gasteiger partial charge in [-0.25, -0.2) is 17.2 Å². The molecule has 0 bridgehead atoms. The summed E-state index contributed by atoms with van der Waals surface area (Å²) in [6.45, 7) is 0. The number of hydrogen-bond donors (Lipinski definition) is 0. The van der Waals surface area contributed by atoms with Gasteiger partial charge in [0.25, 0.3) is 6.43 Å². The minimum absolute atomic E-state index is 0.0305. The van der Waals surface area contributed by atoms with Crippen molar-refractivity contribution in [3.63, 3.8) is 0 Å². The minimum Gasteiger partial charge on any atom is -0.212 e. The molecule has 0 aliphatic heterocycles. The van der Waals surface area contributed by atoms with Crippen molar-refractivity contribution in [2.24, 2.45) is 0 Å². The molecule has 0 aliphatic carbocycles. The highest BCUT2D eigenvalue weighted by Crippen LogP contribution is 2.26. The molecule has 0 N–H and O–H groups in total. The van der Waals surface area contributed by atoms with Gasteiger partial charge in [-0.3, -0.25) is 0 Å². The second-order valence-corrected chi connectivity index (χ2v) is 6.02. The van der Waals surface area contributed by atoms with Crippen LogP contribution in [0, 0.1) is 0 Å². The van der Waals surface area contributed by atoms with Gasteiger partial charge in [0, 0.05) is 21.3 Å². The molecule has 0 amide bonds. The SMILES string of the molecule is O=S(=O)(Cl)Cc1ccc(C(F)F)cc1Cl. The first-order valence-electron chi connectivity index (χ1n) is 3.78. The molecule has 1 aromatic carbocycles. The fraction of sp³-hybridized carbons (Fsp3) is 0.250. The summed E-state index contributed by atoms with van der Waals surface area (Å²) in [7, 11) is 1.27. The third-order valence-corrected chi connectivity index (χ3v) is 2.99. The first kappa shape index (κ1) is 12.7. The van der Waals surface area contributed by atoms with Gasteiger partial charge in [0.15, 0.2) is 0 Å². The predicted octanol–water partition coefficient (Wildman–Crippen LogP) is 3.35. The van der Waals surface area contributed by atoms with E-state index in [1.165, 1.54) is 6.07 Å². The van der Waals surface area contributed by atoms with Crippen molar-refractivity contribution in [1.29, 1.82) is 0 Å². The third kappa shape index (κ3) is 3.93. The van der Waals surface area contributed by atoms with E-state index in [4.69, 9.17) is 22.3 Å². The molecule has 0 atom stereocenters. The largest absolute Gasteiger partial charge is 0.263 e. The van der Waals surface area contributed by atoms with Crippen LogP contribution in [0.2, 0.25) is 5.02 Å². The summed E-state index contributed by atoms with van der Waals surface area (Å²) >= 11 is 5.62. The van der Waals surface area contributed by atoms with Gasteiger partial charge in [0.2, 0.25) is 9.05 Å². The van der Waals surface area contributed by atoms with Crippen LogP contribution in [0.5, 0.6) is 0 Å². The van der Waals surface area contributed by atoms with E-state index in [2.05, 4.69) is 0 Å². The molecule has 0 radical (unpaired) electrons. The van der Waals surface area contributed by atoms with E-state index in [0.29, 0.717) is 0 Å². The lowest BCUT2D eigenvalue weighted by molar-refractivity contribution is 0.151. The van der Waals surface area contributed by atoms with Crippen LogP contribution in [-0.2, 0) is 14.8 Å². The summed E-state index contributed by atoms with van der Waals surface area (Å²) in [6, 6.07) is 3.38. The van der Waals surface area contributed by atoms with Crippen LogP contribution in [0.3, 0.4) is 0 Å². The van der Waals surface area contributed by atoms with E-state index >= 15 is 0 Å². The molecule has 0 saturated carbocycles. The monoisotopic (exact) mass is 274 g/mol. The molecular formula is C8H6Cl2F2O2S. The lowest BCUT2D eigenvalue weighted by Gasteiger charge is -2.04. The molecule has 15 heavy (non-hydrogen) atoms. The molecule has 0 saturated heterocycles. The molecule has 0 aliphatic rings. The molecule has 7 heteroatoms. The first-order valence-corrected chi connectivity index (χ1v) is 6.64. The molecule has 0 unspecified atom stereocenters. The van der Waals surface area contributed by atoms with E-state index in [9.17, 15) is 17.2 Å². The average Bonchev–Trinajstić information content (AvgIpc) is 2.05. The molecule has 0 aromatic heterocycles. The number of rotatable bonds is 3. The van der Waals surface area contributed by atoms with Crippen LogP contribution in [-0.4, -0.2) is 8.42 Å². The van der Waals surface area contributed by atoms with Gasteiger partial charge >= 0.3 is 0 Å². The van der Waals surface area contributed by atoms with Crippen LogP contribution in [0.4, 0.5) is 8.78 Å². The van der Waals surface area contributed by atoms with Crippen molar-refractivity contribution in [2.45, 2.75) is 12.2 Å². The molecule has 0 fully saturated rings. The predicted molar refractivity (Wildman–Crippen MR) is 54.9 cm³/mol. The van der Waals surface area contributed by atoms with Gasteiger partial charge < -0.3 is 0 Å². The lowest BCUT2D eigenvalue weighted by atomic mass is 10.1. The van der Waals surface area contributed by atoms with Crippen molar-refractivity contribution in [1.82, 2.24) is 0 Å². The van der Waals surface area contributed by atoms with Crippen molar-refractivity contribution in [2.75, 3.05) is 0 Å². The second-order valence-electron chi connectivity index (χ2n) is 2.83. The van der Waals surface area contributed by atoms with Gasteiger partial charge in [-0.15, -0.1) is 0 Å². The van der Waals surface area contributed by atoms with Crippen LogP contribution in [0.1, 0.15) is 17.6 Å². The Morgan fingerprint density at radius 1 is 1.33 bits per heavy atom. The topological polar surface area (TPSA) is 34.1 Å². The van der Waals surface area contributed by atoms with Crippen LogP contribution in [0.15, 0.2) is 18.2 Å². The fourth-order valence-electron chi connectivity index (χ4n) is 1.00. The summed E-state index contributed by atoms with van der Waals surface area (Å²) in [5, 5.41) is -0.0305. The number of benzene rings is 1. The minimum atomic E-state index is -3.73. The molecule has 0 spiro atoms. The fourth-order valence-corrected chi connectivity index (χ4v) is 2.31. The molecule has 0 heterocycles.